The third-order valence-corrected chi connectivity index (χ3v) is 7.97. The van der Waals surface area contributed by atoms with Gasteiger partial charge in [-0.3, -0.25) is 9.69 Å². The Kier molecular flexibility index (Phi) is 7.05. The predicted octanol–water partition coefficient (Wildman–Crippen LogP) is 6.75. The zero-order valence-corrected chi connectivity index (χ0v) is 21.0. The molecule has 0 atom stereocenters. The van der Waals surface area contributed by atoms with E-state index in [2.05, 4.69) is 15.6 Å². The molecule has 0 radical (unpaired) electrons. The van der Waals surface area contributed by atoms with Gasteiger partial charge in [0.1, 0.15) is 21.2 Å². The van der Waals surface area contributed by atoms with Crippen molar-refractivity contribution in [1.29, 1.82) is 0 Å². The fourth-order valence-electron chi connectivity index (χ4n) is 5.02. The van der Waals surface area contributed by atoms with Crippen LogP contribution in [-0.2, 0) is 0 Å². The van der Waals surface area contributed by atoms with E-state index in [9.17, 15) is 14.7 Å². The molecule has 2 aromatic heterocycles. The Balaban J connectivity index is 0.00000294. The fraction of sp³-hybridized carbons (Fsp3) is 0.276. The topological polar surface area (TPSA) is 104 Å². The van der Waals surface area contributed by atoms with Gasteiger partial charge in [0.2, 0.25) is 0 Å². The number of aliphatic hydroxyl groups excluding tert-OH is 1. The minimum Gasteiger partial charge on any atom is -0.457 e. The van der Waals surface area contributed by atoms with E-state index in [1.807, 2.05) is 55.5 Å². The van der Waals surface area contributed by atoms with Gasteiger partial charge in [-0.2, -0.15) is 0 Å². The second-order valence-corrected chi connectivity index (χ2v) is 10.4. The summed E-state index contributed by atoms with van der Waals surface area (Å²) in [5, 5.41) is 16.6. The first kappa shape index (κ1) is 25.7. The van der Waals surface area contributed by atoms with Gasteiger partial charge in [0.05, 0.1) is 28.6 Å². The summed E-state index contributed by atoms with van der Waals surface area (Å²) in [6, 6.07) is 16.6. The first-order chi connectivity index (χ1) is 18.0. The van der Waals surface area contributed by atoms with Crippen molar-refractivity contribution < 1.29 is 19.4 Å². The van der Waals surface area contributed by atoms with Gasteiger partial charge in [0, 0.05) is 12.2 Å². The molecule has 196 valence electrons. The molecule has 8 nitrogen and oxygen atoms in total. The Morgan fingerprint density at radius 3 is 2.58 bits per heavy atom. The molecule has 6 rings (SSSR count). The van der Waals surface area contributed by atoms with E-state index >= 15 is 0 Å². The zero-order valence-electron chi connectivity index (χ0n) is 20.2. The highest BCUT2D eigenvalue weighted by molar-refractivity contribution is 7.21. The summed E-state index contributed by atoms with van der Waals surface area (Å²) in [4.78, 5) is 33.9. The van der Waals surface area contributed by atoms with E-state index in [0.29, 0.717) is 45.4 Å². The lowest BCUT2D eigenvalue weighted by molar-refractivity contribution is 0.0872. The lowest BCUT2D eigenvalue weighted by atomic mass is 9.93. The average molecular weight is 531 g/mol. The third-order valence-electron chi connectivity index (χ3n) is 6.87. The Labute approximate surface area is 225 Å². The molecule has 0 spiro atoms. The van der Waals surface area contributed by atoms with Crippen molar-refractivity contribution in [2.45, 2.75) is 52.2 Å². The van der Waals surface area contributed by atoms with E-state index in [1.54, 1.807) is 17.2 Å². The summed E-state index contributed by atoms with van der Waals surface area (Å²) in [7, 11) is 0. The van der Waals surface area contributed by atoms with Gasteiger partial charge in [-0.25, -0.2) is 9.78 Å². The molecule has 3 amide bonds. The quantitative estimate of drug-likeness (QED) is 0.265. The van der Waals surface area contributed by atoms with Crippen molar-refractivity contribution in [3.63, 3.8) is 0 Å². The lowest BCUT2D eigenvalue weighted by Crippen LogP contribution is -2.39. The minimum atomic E-state index is -0.340. The van der Waals surface area contributed by atoms with Crippen molar-refractivity contribution in [1.82, 2.24) is 10.3 Å². The fourth-order valence-corrected chi connectivity index (χ4v) is 6.04. The number of carbonyl (C=O) groups excluding carboxylic acids is 2. The van der Waals surface area contributed by atoms with Crippen LogP contribution in [0.3, 0.4) is 0 Å². The summed E-state index contributed by atoms with van der Waals surface area (Å²) in [5.41, 5.74) is 2.76. The summed E-state index contributed by atoms with van der Waals surface area (Å²) in [5.74, 6) is 1.19. The number of aromatic nitrogens is 1. The molecule has 1 saturated carbocycles. The molecule has 2 aromatic carbocycles. The second kappa shape index (κ2) is 10.4. The summed E-state index contributed by atoms with van der Waals surface area (Å²) < 4.78 is 5.95. The van der Waals surface area contributed by atoms with E-state index in [1.165, 1.54) is 11.3 Å². The van der Waals surface area contributed by atoms with Crippen LogP contribution in [0.25, 0.3) is 10.2 Å². The first-order valence-corrected chi connectivity index (χ1v) is 13.1. The number of aliphatic hydroxyl groups is 1. The second-order valence-electron chi connectivity index (χ2n) is 9.42. The number of pyridine rings is 1. The summed E-state index contributed by atoms with van der Waals surface area (Å²) in [6.07, 6.45) is 4.19. The van der Waals surface area contributed by atoms with E-state index in [-0.39, 0.29) is 31.5 Å². The smallest absolute Gasteiger partial charge is 0.331 e. The molecule has 0 unspecified atom stereocenters. The van der Waals surface area contributed by atoms with Crippen LogP contribution in [0.15, 0.2) is 60.8 Å². The maximum absolute atomic E-state index is 13.4. The van der Waals surface area contributed by atoms with Crippen LogP contribution < -0.4 is 20.3 Å². The van der Waals surface area contributed by atoms with Crippen LogP contribution in [0.4, 0.5) is 21.9 Å². The number of carbonyl (C=O) groups is 2. The number of anilines is 3. The van der Waals surface area contributed by atoms with Crippen molar-refractivity contribution in [3.05, 3.63) is 71.2 Å². The number of urea groups is 1. The minimum absolute atomic E-state index is 0. The maximum Gasteiger partial charge on any atom is 0.331 e. The Hall–Kier alpha value is -3.95. The monoisotopic (exact) mass is 530 g/mol. The van der Waals surface area contributed by atoms with Gasteiger partial charge in [-0.15, -0.1) is 11.3 Å². The first-order valence-electron chi connectivity index (χ1n) is 12.3. The van der Waals surface area contributed by atoms with Crippen molar-refractivity contribution in [3.8, 4) is 11.5 Å². The number of aryl methyl sites for hydroxylation is 1. The number of nitrogens with zero attached hydrogens (tertiary/aromatic N) is 2. The molecular weight excluding hydrogens is 500 g/mol. The van der Waals surface area contributed by atoms with E-state index < -0.39 is 0 Å². The van der Waals surface area contributed by atoms with Crippen molar-refractivity contribution in [2.75, 3.05) is 10.2 Å². The standard InChI is InChI=1S/C28H26N4O4S.CH4/c1-16-15-20(36-19-5-3-2-4-6-19)11-12-21(16)32-22-13-14-29-27-23(22)24(31-28(32)35)25(37-27)26(34)30-17-7-9-18(33)10-8-17;/h2-6,11-15,17-18,33H,7-10H2,1H3,(H,30,34)(H,31,35);1H4. The molecule has 1 aliphatic carbocycles. The van der Waals surface area contributed by atoms with Crippen LogP contribution >= 0.6 is 11.3 Å². The van der Waals surface area contributed by atoms with Crippen LogP contribution in [0.1, 0.15) is 48.3 Å². The lowest BCUT2D eigenvalue weighted by Gasteiger charge is -2.30. The summed E-state index contributed by atoms with van der Waals surface area (Å²) >= 11 is 1.27. The van der Waals surface area contributed by atoms with E-state index in [0.717, 1.165) is 29.5 Å². The molecule has 38 heavy (non-hydrogen) atoms. The van der Waals surface area contributed by atoms with Gasteiger partial charge in [0.15, 0.2) is 0 Å². The Morgan fingerprint density at radius 2 is 1.84 bits per heavy atom. The highest BCUT2D eigenvalue weighted by Gasteiger charge is 2.34. The number of hydrogen-bond donors (Lipinski definition) is 3. The SMILES string of the molecule is C.Cc1cc(Oc2ccccc2)ccc1N1C(=O)Nc2c(C(=O)NC3CCC(O)CC3)sc3nccc1c23. The number of amides is 3. The number of benzene rings is 2. The molecule has 1 fully saturated rings. The normalized spacial score (nSPS) is 18.5. The van der Waals surface area contributed by atoms with Gasteiger partial charge in [0.25, 0.3) is 5.91 Å². The van der Waals surface area contributed by atoms with Crippen molar-refractivity contribution in [2.24, 2.45) is 0 Å². The largest absolute Gasteiger partial charge is 0.457 e. The van der Waals surface area contributed by atoms with E-state index in [4.69, 9.17) is 4.74 Å². The van der Waals surface area contributed by atoms with Gasteiger partial charge in [-0.1, -0.05) is 25.6 Å². The molecule has 0 saturated heterocycles. The molecule has 4 aromatic rings. The third kappa shape index (κ3) is 4.70. The van der Waals surface area contributed by atoms with Gasteiger partial charge < -0.3 is 20.5 Å². The number of hydrogen-bond acceptors (Lipinski definition) is 6. The van der Waals surface area contributed by atoms with Crippen LogP contribution in [0.5, 0.6) is 11.5 Å². The molecule has 3 heterocycles. The zero-order chi connectivity index (χ0) is 25.5. The molecule has 1 aliphatic heterocycles. The number of para-hydroxylation sites is 1. The number of rotatable bonds is 5. The molecule has 9 heteroatoms. The molecule has 0 bridgehead atoms. The molecular formula is C29H30N4O4S. The Morgan fingerprint density at radius 1 is 1.08 bits per heavy atom. The number of nitrogens with one attached hydrogen (secondary N) is 2. The highest BCUT2D eigenvalue weighted by Crippen LogP contribution is 2.46. The van der Waals surface area contributed by atoms with Crippen LogP contribution in [-0.4, -0.2) is 34.2 Å². The van der Waals surface area contributed by atoms with Crippen LogP contribution in [0, 0.1) is 6.92 Å². The predicted molar refractivity (Wildman–Crippen MR) is 151 cm³/mol. The van der Waals surface area contributed by atoms with Crippen LogP contribution in [0.2, 0.25) is 0 Å². The summed E-state index contributed by atoms with van der Waals surface area (Å²) in [6.45, 7) is 1.93. The van der Waals surface area contributed by atoms with Gasteiger partial charge in [-0.05, 0) is 74.6 Å². The van der Waals surface area contributed by atoms with Crippen molar-refractivity contribution >= 4 is 50.6 Å². The van der Waals surface area contributed by atoms with Gasteiger partial charge >= 0.3 is 6.03 Å². The number of ether oxygens (including phenoxy) is 1. The Bertz CT molecular complexity index is 1500. The average Bonchev–Trinajstić information content (AvgIpc) is 3.27. The maximum atomic E-state index is 13.4. The molecule has 2 aliphatic rings. The number of thiophene rings is 1. The highest BCUT2D eigenvalue weighted by atomic mass is 32.1. The molecule has 3 N–H and O–H groups in total.